The van der Waals surface area contributed by atoms with E-state index in [1.54, 1.807) is 0 Å². The summed E-state index contributed by atoms with van der Waals surface area (Å²) >= 11 is 0. The summed E-state index contributed by atoms with van der Waals surface area (Å²) in [6.45, 7) is 7.50. The summed E-state index contributed by atoms with van der Waals surface area (Å²) < 4.78 is 16.7. The van der Waals surface area contributed by atoms with Crippen LogP contribution in [0.4, 0.5) is 0 Å². The molecule has 0 saturated carbocycles. The number of aryl methyl sites for hydroxylation is 1. The summed E-state index contributed by atoms with van der Waals surface area (Å²) in [7, 11) is 0. The van der Waals surface area contributed by atoms with Gasteiger partial charge in [-0.3, -0.25) is 0 Å². The van der Waals surface area contributed by atoms with E-state index in [4.69, 9.17) is 19.7 Å². The quantitative estimate of drug-likeness (QED) is 0.692. The molecule has 0 saturated heterocycles. The number of hydrogen-bond donors (Lipinski definition) is 1. The Kier molecular flexibility index (Phi) is 5.53. The van der Waals surface area contributed by atoms with Gasteiger partial charge in [-0.25, -0.2) is 0 Å². The van der Waals surface area contributed by atoms with E-state index in [1.807, 2.05) is 57.2 Å². The largest absolute Gasteiger partial charge is 0.490 e. The fourth-order valence-electron chi connectivity index (χ4n) is 2.74. The van der Waals surface area contributed by atoms with Gasteiger partial charge in [-0.2, -0.15) is 4.98 Å². The Balaban J connectivity index is 1.93. The number of nitrogens with zero attached hydrogens (tertiary/aromatic N) is 2. The van der Waals surface area contributed by atoms with Crippen LogP contribution in [0, 0.1) is 6.92 Å². The summed E-state index contributed by atoms with van der Waals surface area (Å²) in [5.41, 5.74) is 9.53. The molecule has 6 heteroatoms. The molecule has 1 aromatic heterocycles. The summed E-state index contributed by atoms with van der Waals surface area (Å²) in [6.07, 6.45) is 0. The molecule has 0 radical (unpaired) electrons. The molecule has 0 unspecified atom stereocenters. The van der Waals surface area contributed by atoms with Crippen molar-refractivity contribution < 1.29 is 14.0 Å². The maximum absolute atomic E-state index is 5.69. The third-order valence-corrected chi connectivity index (χ3v) is 3.98. The van der Waals surface area contributed by atoms with Gasteiger partial charge in [0.2, 0.25) is 5.82 Å². The second-order valence-electron chi connectivity index (χ2n) is 5.80. The topological polar surface area (TPSA) is 83.4 Å². The standard InChI is InChI=1S/C20H23N3O3/c1-4-24-17-9-7-15(11-18(17)25-5-2)20-22-19(23-26-20)16-8-6-14(12-21)10-13(16)3/h6-11H,4-5,12,21H2,1-3H3. The van der Waals surface area contributed by atoms with E-state index in [1.165, 1.54) is 0 Å². The van der Waals surface area contributed by atoms with Crippen LogP contribution in [0.15, 0.2) is 40.9 Å². The molecular formula is C20H23N3O3. The van der Waals surface area contributed by atoms with Crippen LogP contribution < -0.4 is 15.2 Å². The van der Waals surface area contributed by atoms with Crippen LogP contribution in [0.2, 0.25) is 0 Å². The van der Waals surface area contributed by atoms with Crippen LogP contribution in [0.3, 0.4) is 0 Å². The molecule has 0 spiro atoms. The lowest BCUT2D eigenvalue weighted by Gasteiger charge is -2.11. The lowest BCUT2D eigenvalue weighted by molar-refractivity contribution is 0.288. The maximum atomic E-state index is 5.69. The van der Waals surface area contributed by atoms with E-state index in [0.29, 0.717) is 43.0 Å². The summed E-state index contributed by atoms with van der Waals surface area (Å²) in [4.78, 5) is 4.54. The van der Waals surface area contributed by atoms with E-state index < -0.39 is 0 Å². The van der Waals surface area contributed by atoms with Gasteiger partial charge in [0.15, 0.2) is 11.5 Å². The lowest BCUT2D eigenvalue weighted by atomic mass is 10.0. The highest BCUT2D eigenvalue weighted by molar-refractivity contribution is 5.65. The van der Waals surface area contributed by atoms with Crippen LogP contribution in [-0.2, 0) is 6.54 Å². The maximum Gasteiger partial charge on any atom is 0.258 e. The first kappa shape index (κ1) is 17.9. The van der Waals surface area contributed by atoms with Gasteiger partial charge in [0.1, 0.15) is 0 Å². The van der Waals surface area contributed by atoms with E-state index >= 15 is 0 Å². The molecule has 6 nitrogen and oxygen atoms in total. The van der Waals surface area contributed by atoms with Crippen molar-refractivity contribution in [3.8, 4) is 34.3 Å². The average molecular weight is 353 g/mol. The summed E-state index contributed by atoms with van der Waals surface area (Å²) in [5, 5.41) is 4.12. The molecule has 0 bridgehead atoms. The fraction of sp³-hybridized carbons (Fsp3) is 0.300. The predicted octanol–water partition coefficient (Wildman–Crippen LogP) is 3.97. The van der Waals surface area contributed by atoms with Gasteiger partial charge < -0.3 is 19.7 Å². The second kappa shape index (κ2) is 8.01. The van der Waals surface area contributed by atoms with Crippen molar-refractivity contribution in [2.75, 3.05) is 13.2 Å². The van der Waals surface area contributed by atoms with E-state index in [9.17, 15) is 0 Å². The highest BCUT2D eigenvalue weighted by Gasteiger charge is 2.15. The molecule has 2 aromatic carbocycles. The van der Waals surface area contributed by atoms with Crippen LogP contribution in [0.5, 0.6) is 11.5 Å². The second-order valence-corrected chi connectivity index (χ2v) is 5.80. The van der Waals surface area contributed by atoms with Crippen molar-refractivity contribution in [1.82, 2.24) is 10.1 Å². The van der Waals surface area contributed by atoms with Crippen molar-refractivity contribution in [2.45, 2.75) is 27.3 Å². The number of hydrogen-bond acceptors (Lipinski definition) is 6. The number of rotatable bonds is 7. The molecule has 0 aliphatic heterocycles. The van der Waals surface area contributed by atoms with Gasteiger partial charge >= 0.3 is 0 Å². The molecule has 2 N–H and O–H groups in total. The van der Waals surface area contributed by atoms with Gasteiger partial charge in [-0.05, 0) is 50.1 Å². The van der Waals surface area contributed by atoms with Crippen molar-refractivity contribution >= 4 is 0 Å². The van der Waals surface area contributed by atoms with Gasteiger partial charge in [0.05, 0.1) is 13.2 Å². The van der Waals surface area contributed by atoms with E-state index in [2.05, 4.69) is 10.1 Å². The molecule has 3 rings (SSSR count). The number of nitrogens with two attached hydrogens (primary N) is 1. The minimum absolute atomic E-state index is 0.436. The molecule has 1 heterocycles. The van der Waals surface area contributed by atoms with Crippen LogP contribution in [-0.4, -0.2) is 23.4 Å². The molecule has 0 fully saturated rings. The Labute approximate surface area is 152 Å². The Bertz CT molecular complexity index is 890. The van der Waals surface area contributed by atoms with Crippen molar-refractivity contribution in [3.05, 3.63) is 47.5 Å². The molecule has 0 atom stereocenters. The van der Waals surface area contributed by atoms with Crippen LogP contribution >= 0.6 is 0 Å². The molecular weight excluding hydrogens is 330 g/mol. The fourth-order valence-corrected chi connectivity index (χ4v) is 2.74. The number of aromatic nitrogens is 2. The molecule has 26 heavy (non-hydrogen) atoms. The summed E-state index contributed by atoms with van der Waals surface area (Å²) in [5.74, 6) is 2.35. The SMILES string of the molecule is CCOc1ccc(-c2nc(-c3ccc(CN)cc3C)no2)cc1OCC. The van der Waals surface area contributed by atoms with Gasteiger partial charge in [-0.15, -0.1) is 0 Å². The van der Waals surface area contributed by atoms with Gasteiger partial charge in [-0.1, -0.05) is 23.4 Å². The first-order chi connectivity index (χ1) is 12.7. The Morgan fingerprint density at radius 3 is 2.46 bits per heavy atom. The molecule has 3 aromatic rings. The van der Waals surface area contributed by atoms with Crippen molar-refractivity contribution in [2.24, 2.45) is 5.73 Å². The number of ether oxygens (including phenoxy) is 2. The Morgan fingerprint density at radius 2 is 1.77 bits per heavy atom. The smallest absolute Gasteiger partial charge is 0.258 e. The monoisotopic (exact) mass is 353 g/mol. The third-order valence-electron chi connectivity index (χ3n) is 3.98. The Hall–Kier alpha value is -2.86. The first-order valence-corrected chi connectivity index (χ1v) is 8.70. The molecule has 136 valence electrons. The normalized spacial score (nSPS) is 10.8. The van der Waals surface area contributed by atoms with Crippen molar-refractivity contribution in [1.29, 1.82) is 0 Å². The molecule has 0 aliphatic carbocycles. The zero-order valence-electron chi connectivity index (χ0n) is 15.3. The lowest BCUT2D eigenvalue weighted by Crippen LogP contribution is -1.98. The third kappa shape index (κ3) is 3.70. The van der Waals surface area contributed by atoms with Crippen molar-refractivity contribution in [3.63, 3.8) is 0 Å². The number of benzene rings is 2. The van der Waals surface area contributed by atoms with Gasteiger partial charge in [0, 0.05) is 17.7 Å². The van der Waals surface area contributed by atoms with Gasteiger partial charge in [0.25, 0.3) is 5.89 Å². The average Bonchev–Trinajstić information content (AvgIpc) is 3.13. The van der Waals surface area contributed by atoms with Crippen LogP contribution in [0.25, 0.3) is 22.8 Å². The Morgan fingerprint density at radius 1 is 1.00 bits per heavy atom. The molecule has 0 amide bonds. The first-order valence-electron chi connectivity index (χ1n) is 8.70. The zero-order valence-corrected chi connectivity index (χ0v) is 15.3. The minimum atomic E-state index is 0.436. The zero-order chi connectivity index (χ0) is 18.5. The van der Waals surface area contributed by atoms with E-state index in [0.717, 1.165) is 22.3 Å². The van der Waals surface area contributed by atoms with E-state index in [-0.39, 0.29) is 0 Å². The highest BCUT2D eigenvalue weighted by Crippen LogP contribution is 2.33. The minimum Gasteiger partial charge on any atom is -0.490 e. The predicted molar refractivity (Wildman–Crippen MR) is 100 cm³/mol. The summed E-state index contributed by atoms with van der Waals surface area (Å²) in [6, 6.07) is 11.6. The highest BCUT2D eigenvalue weighted by atomic mass is 16.5. The van der Waals surface area contributed by atoms with Crippen LogP contribution in [0.1, 0.15) is 25.0 Å². The molecule has 0 aliphatic rings.